The van der Waals surface area contributed by atoms with Crippen LogP contribution < -0.4 is 10.0 Å². The van der Waals surface area contributed by atoms with E-state index in [4.69, 9.17) is 0 Å². The van der Waals surface area contributed by atoms with Gasteiger partial charge >= 0.3 is 0 Å². The lowest BCUT2D eigenvalue weighted by molar-refractivity contribution is 0.375. The summed E-state index contributed by atoms with van der Waals surface area (Å²) >= 11 is 0. The normalized spacial score (nSPS) is 20.8. The summed E-state index contributed by atoms with van der Waals surface area (Å²) in [6.07, 6.45) is 3.59. The molecule has 1 atom stereocenters. The van der Waals surface area contributed by atoms with Crippen molar-refractivity contribution < 1.29 is 8.42 Å². The molecule has 0 bridgehead atoms. The highest BCUT2D eigenvalue weighted by Crippen LogP contribution is 2.10. The predicted molar refractivity (Wildman–Crippen MR) is 67.6 cm³/mol. The smallest absolute Gasteiger partial charge is 0.276 e. The fourth-order valence-electron chi connectivity index (χ4n) is 1.95. The molecule has 0 aliphatic carbocycles. The molecule has 7 heteroatoms. The Kier molecular flexibility index (Phi) is 4.26. The number of sulfonamides is 1. The molecular formula is C11H18N4O2S. The SMILES string of the molecule is Cc1ccnc(S(=O)(=O)NC[C@H]2CCCNC2)n1. The number of rotatable bonds is 4. The molecule has 2 N–H and O–H groups in total. The third-order valence-corrected chi connectivity index (χ3v) is 4.20. The molecule has 1 aromatic heterocycles. The molecule has 0 amide bonds. The van der Waals surface area contributed by atoms with Crippen LogP contribution in [-0.2, 0) is 10.0 Å². The van der Waals surface area contributed by atoms with Crippen molar-refractivity contribution in [1.29, 1.82) is 0 Å². The highest BCUT2D eigenvalue weighted by atomic mass is 32.2. The van der Waals surface area contributed by atoms with Gasteiger partial charge in [0.25, 0.3) is 15.2 Å². The lowest BCUT2D eigenvalue weighted by atomic mass is 10.0. The quantitative estimate of drug-likeness (QED) is 0.756. The number of piperidine rings is 1. The van der Waals surface area contributed by atoms with Gasteiger partial charge in [-0.1, -0.05) is 0 Å². The Balaban J connectivity index is 1.98. The van der Waals surface area contributed by atoms with Crippen molar-refractivity contribution in [3.8, 4) is 0 Å². The van der Waals surface area contributed by atoms with Crippen molar-refractivity contribution in [3.63, 3.8) is 0 Å². The van der Waals surface area contributed by atoms with E-state index in [0.717, 1.165) is 25.9 Å². The van der Waals surface area contributed by atoms with Gasteiger partial charge in [-0.25, -0.2) is 23.1 Å². The minimum atomic E-state index is -3.58. The monoisotopic (exact) mass is 270 g/mol. The Morgan fingerprint density at radius 1 is 1.56 bits per heavy atom. The first-order valence-electron chi connectivity index (χ1n) is 6.08. The Hall–Kier alpha value is -1.05. The van der Waals surface area contributed by atoms with Crippen molar-refractivity contribution in [2.24, 2.45) is 5.92 Å². The van der Waals surface area contributed by atoms with Crippen LogP contribution >= 0.6 is 0 Å². The summed E-state index contributed by atoms with van der Waals surface area (Å²) in [6, 6.07) is 1.67. The number of nitrogens with zero attached hydrogens (tertiary/aromatic N) is 2. The zero-order chi connectivity index (χ0) is 13.0. The van der Waals surface area contributed by atoms with Gasteiger partial charge in [-0.15, -0.1) is 0 Å². The number of nitrogens with one attached hydrogen (secondary N) is 2. The van der Waals surface area contributed by atoms with Gasteiger partial charge in [-0.2, -0.15) is 0 Å². The average molecular weight is 270 g/mol. The van der Waals surface area contributed by atoms with Crippen LogP contribution in [0.4, 0.5) is 0 Å². The zero-order valence-electron chi connectivity index (χ0n) is 10.4. The number of hydrogen-bond donors (Lipinski definition) is 2. The molecule has 18 heavy (non-hydrogen) atoms. The van der Waals surface area contributed by atoms with Gasteiger partial charge in [-0.05, 0) is 44.8 Å². The second-order valence-electron chi connectivity index (χ2n) is 4.54. The third kappa shape index (κ3) is 3.47. The van der Waals surface area contributed by atoms with Gasteiger partial charge in [0.2, 0.25) is 0 Å². The Bertz CT molecular complexity index is 498. The molecule has 1 saturated heterocycles. The summed E-state index contributed by atoms with van der Waals surface area (Å²) in [5, 5.41) is 3.11. The molecule has 0 radical (unpaired) electrons. The van der Waals surface area contributed by atoms with E-state index in [1.165, 1.54) is 6.20 Å². The van der Waals surface area contributed by atoms with Crippen LogP contribution in [0.5, 0.6) is 0 Å². The second kappa shape index (κ2) is 5.73. The third-order valence-electron chi connectivity index (χ3n) is 2.97. The molecule has 0 unspecified atom stereocenters. The fraction of sp³-hybridized carbons (Fsp3) is 0.636. The van der Waals surface area contributed by atoms with E-state index in [1.807, 2.05) is 0 Å². The molecule has 2 heterocycles. The lowest BCUT2D eigenvalue weighted by Gasteiger charge is -2.22. The number of aromatic nitrogens is 2. The number of hydrogen-bond acceptors (Lipinski definition) is 5. The van der Waals surface area contributed by atoms with Gasteiger partial charge in [0.05, 0.1) is 0 Å². The van der Waals surface area contributed by atoms with Crippen LogP contribution in [0.15, 0.2) is 17.4 Å². The summed E-state index contributed by atoms with van der Waals surface area (Å²) in [4.78, 5) is 7.73. The Morgan fingerprint density at radius 3 is 3.06 bits per heavy atom. The maximum atomic E-state index is 12.0. The van der Waals surface area contributed by atoms with E-state index in [2.05, 4.69) is 20.0 Å². The standard InChI is InChI=1S/C11H18N4O2S/c1-9-4-6-13-11(15-9)18(16,17)14-8-10-3-2-5-12-7-10/h4,6,10,12,14H,2-3,5,7-8H2,1H3/t10-/m0/s1. The maximum absolute atomic E-state index is 12.0. The first kappa shape index (κ1) is 13.4. The molecule has 100 valence electrons. The maximum Gasteiger partial charge on any atom is 0.276 e. The first-order chi connectivity index (χ1) is 8.58. The molecule has 1 aromatic rings. The molecule has 6 nitrogen and oxygen atoms in total. The average Bonchev–Trinajstić information content (AvgIpc) is 2.38. The second-order valence-corrected chi connectivity index (χ2v) is 6.21. The van der Waals surface area contributed by atoms with Crippen LogP contribution in [0, 0.1) is 12.8 Å². The van der Waals surface area contributed by atoms with Crippen LogP contribution in [0.1, 0.15) is 18.5 Å². The van der Waals surface area contributed by atoms with Crippen molar-refractivity contribution in [1.82, 2.24) is 20.0 Å². The largest absolute Gasteiger partial charge is 0.316 e. The number of aryl methyl sites for hydroxylation is 1. The van der Waals surface area contributed by atoms with Crippen molar-refractivity contribution in [2.75, 3.05) is 19.6 Å². The van der Waals surface area contributed by atoms with E-state index in [1.54, 1.807) is 13.0 Å². The molecule has 1 fully saturated rings. The first-order valence-corrected chi connectivity index (χ1v) is 7.56. The van der Waals surface area contributed by atoms with E-state index >= 15 is 0 Å². The Labute approximate surface area is 107 Å². The highest BCUT2D eigenvalue weighted by Gasteiger charge is 2.20. The van der Waals surface area contributed by atoms with Crippen molar-refractivity contribution in [3.05, 3.63) is 18.0 Å². The minimum Gasteiger partial charge on any atom is -0.316 e. The van der Waals surface area contributed by atoms with Crippen molar-refractivity contribution in [2.45, 2.75) is 24.9 Å². The van der Waals surface area contributed by atoms with E-state index < -0.39 is 10.0 Å². The summed E-state index contributed by atoms with van der Waals surface area (Å²) < 4.78 is 26.5. The van der Waals surface area contributed by atoms with Crippen LogP contribution in [-0.4, -0.2) is 38.0 Å². The Morgan fingerprint density at radius 2 is 2.39 bits per heavy atom. The molecule has 0 spiro atoms. The lowest BCUT2D eigenvalue weighted by Crippen LogP contribution is -2.38. The molecule has 1 aliphatic heterocycles. The van der Waals surface area contributed by atoms with Gasteiger partial charge in [0.15, 0.2) is 0 Å². The predicted octanol–water partition coefficient (Wildman–Crippen LogP) is 0.0629. The van der Waals surface area contributed by atoms with Gasteiger partial charge in [-0.3, -0.25) is 0 Å². The van der Waals surface area contributed by atoms with E-state index in [9.17, 15) is 8.42 Å². The van der Waals surface area contributed by atoms with Crippen LogP contribution in [0.25, 0.3) is 0 Å². The molecular weight excluding hydrogens is 252 g/mol. The minimum absolute atomic E-state index is 0.147. The fourth-order valence-corrected chi connectivity index (χ4v) is 2.99. The summed E-state index contributed by atoms with van der Waals surface area (Å²) in [6.45, 7) is 4.06. The van der Waals surface area contributed by atoms with Crippen LogP contribution in [0.3, 0.4) is 0 Å². The van der Waals surface area contributed by atoms with E-state index in [-0.39, 0.29) is 5.16 Å². The summed E-state index contributed by atoms with van der Waals surface area (Å²) in [5.74, 6) is 0.346. The van der Waals surface area contributed by atoms with Crippen LogP contribution in [0.2, 0.25) is 0 Å². The summed E-state index contributed by atoms with van der Waals surface area (Å²) in [5.41, 5.74) is 0.643. The zero-order valence-corrected chi connectivity index (χ0v) is 11.2. The van der Waals surface area contributed by atoms with Gasteiger partial charge in [0, 0.05) is 18.4 Å². The van der Waals surface area contributed by atoms with E-state index in [0.29, 0.717) is 18.2 Å². The molecule has 2 rings (SSSR count). The molecule has 0 aromatic carbocycles. The molecule has 0 saturated carbocycles. The molecule has 1 aliphatic rings. The van der Waals surface area contributed by atoms with Crippen molar-refractivity contribution >= 4 is 10.0 Å². The van der Waals surface area contributed by atoms with Gasteiger partial charge < -0.3 is 5.32 Å². The highest BCUT2D eigenvalue weighted by molar-refractivity contribution is 7.89. The summed E-state index contributed by atoms with van der Waals surface area (Å²) in [7, 11) is -3.58. The van der Waals surface area contributed by atoms with Gasteiger partial charge in [0.1, 0.15) is 0 Å². The topological polar surface area (TPSA) is 84.0 Å².